The van der Waals surface area contributed by atoms with Crippen molar-refractivity contribution in [3.63, 3.8) is 0 Å². The summed E-state index contributed by atoms with van der Waals surface area (Å²) in [6.07, 6.45) is 5.16. The summed E-state index contributed by atoms with van der Waals surface area (Å²) in [4.78, 5) is 4.97. The number of hydrogen-bond donors (Lipinski definition) is 1. The fourth-order valence-electron chi connectivity index (χ4n) is 3.70. The van der Waals surface area contributed by atoms with E-state index in [1.54, 1.807) is 7.11 Å². The van der Waals surface area contributed by atoms with Crippen molar-refractivity contribution in [3.8, 4) is 5.75 Å². The van der Waals surface area contributed by atoms with E-state index in [1.807, 2.05) is 18.2 Å². The van der Waals surface area contributed by atoms with Crippen LogP contribution < -0.4 is 4.74 Å². The molecule has 3 rings (SSSR count). The number of nitrogens with zero attached hydrogens (tertiary/aromatic N) is 2. The number of rotatable bonds is 8. The molecule has 1 fully saturated rings. The molecule has 1 saturated heterocycles. The minimum atomic E-state index is 0.237. The predicted octanol–water partition coefficient (Wildman–Crippen LogP) is 3.28. The molecule has 27 heavy (non-hydrogen) atoms. The molecule has 0 amide bonds. The maximum atomic E-state index is 9.50. The molecule has 0 radical (unpaired) electrons. The van der Waals surface area contributed by atoms with Crippen LogP contribution in [-0.2, 0) is 6.54 Å². The Bertz CT molecular complexity index is 717. The van der Waals surface area contributed by atoms with Crippen LogP contribution in [0.25, 0.3) is 6.08 Å². The third kappa shape index (κ3) is 5.67. The predicted molar refractivity (Wildman–Crippen MR) is 111 cm³/mol. The Morgan fingerprint density at radius 3 is 2.63 bits per heavy atom. The van der Waals surface area contributed by atoms with Crippen LogP contribution in [0, 0.1) is 0 Å². The molecule has 2 aromatic carbocycles. The highest BCUT2D eigenvalue weighted by Gasteiger charge is 2.25. The summed E-state index contributed by atoms with van der Waals surface area (Å²) >= 11 is 0. The fourth-order valence-corrected chi connectivity index (χ4v) is 3.70. The summed E-state index contributed by atoms with van der Waals surface area (Å²) in [6, 6.07) is 19.1. The first-order valence-corrected chi connectivity index (χ1v) is 9.71. The number of hydrogen-bond acceptors (Lipinski definition) is 4. The van der Waals surface area contributed by atoms with Crippen LogP contribution in [0.5, 0.6) is 5.75 Å². The molecule has 0 spiro atoms. The van der Waals surface area contributed by atoms with Gasteiger partial charge in [0.15, 0.2) is 0 Å². The van der Waals surface area contributed by atoms with E-state index >= 15 is 0 Å². The molecule has 1 heterocycles. The SMILES string of the molecule is COc1ccccc1/C=C/CN1CCN(Cc2ccccc2)C(CCO)C1. The number of aliphatic hydroxyl groups is 1. The Kier molecular flexibility index (Phi) is 7.45. The van der Waals surface area contributed by atoms with E-state index in [0.717, 1.165) is 50.5 Å². The third-order valence-corrected chi connectivity index (χ3v) is 5.18. The van der Waals surface area contributed by atoms with Crippen LogP contribution in [0.3, 0.4) is 0 Å². The molecular formula is C23H30N2O2. The van der Waals surface area contributed by atoms with E-state index in [4.69, 9.17) is 4.74 Å². The molecule has 1 unspecified atom stereocenters. The summed E-state index contributed by atoms with van der Waals surface area (Å²) in [7, 11) is 1.71. The number of ether oxygens (including phenoxy) is 1. The lowest BCUT2D eigenvalue weighted by Crippen LogP contribution is -2.52. The largest absolute Gasteiger partial charge is 0.496 e. The molecule has 1 aliphatic heterocycles. The molecule has 0 bridgehead atoms. The molecule has 1 N–H and O–H groups in total. The first-order chi connectivity index (χ1) is 13.3. The van der Waals surface area contributed by atoms with E-state index in [0.29, 0.717) is 6.04 Å². The van der Waals surface area contributed by atoms with Crippen molar-refractivity contribution in [2.75, 3.05) is 39.9 Å². The fraction of sp³-hybridized carbons (Fsp3) is 0.391. The van der Waals surface area contributed by atoms with Crippen molar-refractivity contribution in [3.05, 3.63) is 71.8 Å². The van der Waals surface area contributed by atoms with E-state index in [-0.39, 0.29) is 6.61 Å². The molecule has 1 atom stereocenters. The number of piperazine rings is 1. The zero-order valence-corrected chi connectivity index (χ0v) is 16.1. The monoisotopic (exact) mass is 366 g/mol. The Balaban J connectivity index is 1.57. The van der Waals surface area contributed by atoms with Crippen LogP contribution in [0.2, 0.25) is 0 Å². The zero-order chi connectivity index (χ0) is 18.9. The van der Waals surface area contributed by atoms with Crippen LogP contribution in [0.4, 0.5) is 0 Å². The zero-order valence-electron chi connectivity index (χ0n) is 16.1. The second-order valence-corrected chi connectivity index (χ2v) is 7.03. The van der Waals surface area contributed by atoms with E-state index in [2.05, 4.69) is 58.4 Å². The van der Waals surface area contributed by atoms with Crippen molar-refractivity contribution in [1.29, 1.82) is 0 Å². The van der Waals surface area contributed by atoms with Gasteiger partial charge >= 0.3 is 0 Å². The van der Waals surface area contributed by atoms with Crippen molar-refractivity contribution >= 4 is 6.08 Å². The molecule has 2 aromatic rings. The lowest BCUT2D eigenvalue weighted by molar-refractivity contribution is 0.0597. The molecular weight excluding hydrogens is 336 g/mol. The highest BCUT2D eigenvalue weighted by atomic mass is 16.5. The molecule has 144 valence electrons. The Labute approximate surface area is 162 Å². The maximum absolute atomic E-state index is 9.50. The number of benzene rings is 2. The summed E-state index contributed by atoms with van der Waals surface area (Å²) in [5.74, 6) is 0.902. The second kappa shape index (κ2) is 10.3. The van der Waals surface area contributed by atoms with Gasteiger partial charge in [-0.1, -0.05) is 60.7 Å². The van der Waals surface area contributed by atoms with Crippen LogP contribution in [0.1, 0.15) is 17.5 Å². The van der Waals surface area contributed by atoms with E-state index in [9.17, 15) is 5.11 Å². The Morgan fingerprint density at radius 2 is 1.85 bits per heavy atom. The number of aliphatic hydroxyl groups excluding tert-OH is 1. The number of para-hydroxylation sites is 1. The van der Waals surface area contributed by atoms with Gasteiger partial charge in [0.05, 0.1) is 7.11 Å². The Hall–Kier alpha value is -2.14. The maximum Gasteiger partial charge on any atom is 0.126 e. The lowest BCUT2D eigenvalue weighted by atomic mass is 10.1. The summed E-state index contributed by atoms with van der Waals surface area (Å²) in [5, 5.41) is 9.50. The van der Waals surface area contributed by atoms with Crippen LogP contribution in [-0.4, -0.2) is 60.8 Å². The topological polar surface area (TPSA) is 35.9 Å². The minimum absolute atomic E-state index is 0.237. The van der Waals surface area contributed by atoms with Crippen molar-refractivity contribution in [1.82, 2.24) is 9.80 Å². The van der Waals surface area contributed by atoms with Gasteiger partial charge in [0, 0.05) is 50.9 Å². The normalized spacial score (nSPS) is 18.8. The molecule has 4 heteroatoms. The summed E-state index contributed by atoms with van der Waals surface area (Å²) < 4.78 is 5.41. The van der Waals surface area contributed by atoms with E-state index in [1.165, 1.54) is 5.56 Å². The van der Waals surface area contributed by atoms with Gasteiger partial charge < -0.3 is 9.84 Å². The average Bonchev–Trinajstić information content (AvgIpc) is 2.71. The second-order valence-electron chi connectivity index (χ2n) is 7.03. The summed E-state index contributed by atoms with van der Waals surface area (Å²) in [5.41, 5.74) is 2.44. The Morgan fingerprint density at radius 1 is 1.07 bits per heavy atom. The molecule has 0 aromatic heterocycles. The highest BCUT2D eigenvalue weighted by molar-refractivity contribution is 5.57. The van der Waals surface area contributed by atoms with Gasteiger partial charge in [0.1, 0.15) is 5.75 Å². The standard InChI is InChI=1S/C23H30N2O2/c1-27-23-12-6-5-10-21(23)11-7-14-24-15-16-25(22(19-24)13-17-26)18-20-8-3-2-4-9-20/h2-12,22,26H,13-19H2,1H3/b11-7+. The van der Waals surface area contributed by atoms with Gasteiger partial charge in [-0.05, 0) is 18.1 Å². The van der Waals surface area contributed by atoms with Crippen LogP contribution in [0.15, 0.2) is 60.7 Å². The first kappa shape index (κ1) is 19.6. The number of methoxy groups -OCH3 is 1. The van der Waals surface area contributed by atoms with Crippen molar-refractivity contribution in [2.24, 2.45) is 0 Å². The smallest absolute Gasteiger partial charge is 0.126 e. The van der Waals surface area contributed by atoms with Gasteiger partial charge in [0.2, 0.25) is 0 Å². The summed E-state index contributed by atoms with van der Waals surface area (Å²) in [6.45, 7) is 5.17. The van der Waals surface area contributed by atoms with E-state index < -0.39 is 0 Å². The van der Waals surface area contributed by atoms with Gasteiger partial charge in [-0.25, -0.2) is 0 Å². The van der Waals surface area contributed by atoms with Crippen molar-refractivity contribution in [2.45, 2.75) is 19.0 Å². The van der Waals surface area contributed by atoms with Gasteiger partial charge in [-0.2, -0.15) is 0 Å². The van der Waals surface area contributed by atoms with Gasteiger partial charge in [-0.3, -0.25) is 9.80 Å². The third-order valence-electron chi connectivity index (χ3n) is 5.18. The van der Waals surface area contributed by atoms with Gasteiger partial charge in [-0.15, -0.1) is 0 Å². The molecule has 0 saturated carbocycles. The highest BCUT2D eigenvalue weighted by Crippen LogP contribution is 2.20. The molecule has 4 nitrogen and oxygen atoms in total. The van der Waals surface area contributed by atoms with Crippen LogP contribution >= 0.6 is 0 Å². The first-order valence-electron chi connectivity index (χ1n) is 9.71. The van der Waals surface area contributed by atoms with Gasteiger partial charge in [0.25, 0.3) is 0 Å². The average molecular weight is 367 g/mol. The van der Waals surface area contributed by atoms with Crippen molar-refractivity contribution < 1.29 is 9.84 Å². The lowest BCUT2D eigenvalue weighted by Gasteiger charge is -2.41. The minimum Gasteiger partial charge on any atom is -0.496 e. The quantitative estimate of drug-likeness (QED) is 0.778. The molecule has 1 aliphatic rings. The molecule has 0 aliphatic carbocycles.